The molecule has 1 saturated heterocycles. The average Bonchev–Trinajstić information content (AvgIpc) is 3.10. The highest BCUT2D eigenvalue weighted by Gasteiger charge is 2.44. The largest absolute Gasteiger partial charge is 0.394 e. The van der Waals surface area contributed by atoms with Crippen molar-refractivity contribution in [2.75, 3.05) is 26.3 Å². The Hall–Kier alpha value is -2.17. The van der Waals surface area contributed by atoms with E-state index in [0.717, 1.165) is 83.5 Å². The third-order valence-electron chi connectivity index (χ3n) is 8.83. The van der Waals surface area contributed by atoms with Crippen molar-refractivity contribution in [1.82, 2.24) is 16.0 Å². The molecule has 0 aromatic rings. The van der Waals surface area contributed by atoms with Crippen LogP contribution < -0.4 is 16.0 Å². The first-order valence-electron chi connectivity index (χ1n) is 18.3. The topological polar surface area (TPSA) is 227 Å². The van der Waals surface area contributed by atoms with Gasteiger partial charge >= 0.3 is 0 Å². The molecule has 0 radical (unpaired) electrons. The van der Waals surface area contributed by atoms with Gasteiger partial charge in [-0.15, -0.1) is 0 Å². The van der Waals surface area contributed by atoms with E-state index in [1.54, 1.807) is 6.92 Å². The molecule has 8 atom stereocenters. The van der Waals surface area contributed by atoms with Crippen molar-refractivity contribution >= 4 is 17.7 Å². The zero-order chi connectivity index (χ0) is 36.4. The standard InChI is InChI=1S/C35H65N3O11/c1-3-26(40)31(44)25(24-48-35-34(47)33(46)32(45)27(23-39)49-35)38-30(43)20-16-11-8-6-5-7-9-13-18-22-37-29(42)19-15-12-10-14-17-21-36-28(41)4-2/h4,25-27,31-35,39-40,44-47H,2-3,5-24H2,1H3,(H,36,41)(H,37,42)(H,38,43)/t25-,26+,27?,31-,32-,33-,34?,35-/m0/s1. The first kappa shape index (κ1) is 44.9. The Bertz CT molecular complexity index is 910. The zero-order valence-electron chi connectivity index (χ0n) is 29.5. The first-order valence-corrected chi connectivity index (χ1v) is 18.3. The molecule has 0 bridgehead atoms. The van der Waals surface area contributed by atoms with E-state index in [-0.39, 0.29) is 37.2 Å². The van der Waals surface area contributed by atoms with Gasteiger partial charge in [0.2, 0.25) is 17.7 Å². The molecule has 1 aliphatic heterocycles. The van der Waals surface area contributed by atoms with Crippen LogP contribution in [0.25, 0.3) is 0 Å². The molecule has 0 spiro atoms. The van der Waals surface area contributed by atoms with Crippen molar-refractivity contribution < 1.29 is 54.5 Å². The highest BCUT2D eigenvalue weighted by Crippen LogP contribution is 2.22. The summed E-state index contributed by atoms with van der Waals surface area (Å²) < 4.78 is 10.8. The first-order chi connectivity index (χ1) is 23.5. The molecule has 3 amide bonds. The van der Waals surface area contributed by atoms with E-state index in [1.165, 1.54) is 6.08 Å². The molecule has 1 fully saturated rings. The van der Waals surface area contributed by atoms with Gasteiger partial charge in [-0.2, -0.15) is 0 Å². The van der Waals surface area contributed by atoms with Crippen molar-refractivity contribution in [3.05, 3.63) is 12.7 Å². The smallest absolute Gasteiger partial charge is 0.243 e. The summed E-state index contributed by atoms with van der Waals surface area (Å²) in [5.41, 5.74) is 0. The molecule has 0 aromatic carbocycles. The molecule has 1 heterocycles. The van der Waals surface area contributed by atoms with Crippen LogP contribution in [0.15, 0.2) is 12.7 Å². The van der Waals surface area contributed by atoms with Crippen LogP contribution in [-0.4, -0.2) is 124 Å². The molecule has 286 valence electrons. The van der Waals surface area contributed by atoms with Gasteiger partial charge in [0.1, 0.15) is 30.5 Å². The van der Waals surface area contributed by atoms with Gasteiger partial charge in [0.25, 0.3) is 0 Å². The van der Waals surface area contributed by atoms with E-state index in [1.807, 2.05) is 0 Å². The molecule has 9 N–H and O–H groups in total. The summed E-state index contributed by atoms with van der Waals surface area (Å²) in [6, 6.07) is -1.02. The number of ether oxygens (including phenoxy) is 2. The summed E-state index contributed by atoms with van der Waals surface area (Å²) >= 11 is 0. The van der Waals surface area contributed by atoms with Crippen LogP contribution in [0.5, 0.6) is 0 Å². The number of rotatable bonds is 29. The van der Waals surface area contributed by atoms with E-state index >= 15 is 0 Å². The van der Waals surface area contributed by atoms with Gasteiger partial charge in [0.15, 0.2) is 6.29 Å². The molecule has 49 heavy (non-hydrogen) atoms. The van der Waals surface area contributed by atoms with E-state index in [9.17, 15) is 45.0 Å². The van der Waals surface area contributed by atoms with E-state index in [0.29, 0.717) is 25.9 Å². The van der Waals surface area contributed by atoms with Gasteiger partial charge in [0, 0.05) is 25.9 Å². The van der Waals surface area contributed by atoms with Crippen molar-refractivity contribution in [3.8, 4) is 0 Å². The quantitative estimate of drug-likeness (QED) is 0.0396. The monoisotopic (exact) mass is 703 g/mol. The fourth-order valence-electron chi connectivity index (χ4n) is 5.61. The normalized spacial score (nSPS) is 22.6. The fraction of sp³-hybridized carbons (Fsp3) is 0.857. The van der Waals surface area contributed by atoms with Crippen molar-refractivity contribution in [3.63, 3.8) is 0 Å². The zero-order valence-corrected chi connectivity index (χ0v) is 29.5. The number of hydrogen-bond acceptors (Lipinski definition) is 11. The molecule has 14 heteroatoms. The van der Waals surface area contributed by atoms with Gasteiger partial charge in [-0.1, -0.05) is 77.7 Å². The average molecular weight is 704 g/mol. The number of aliphatic hydroxyl groups is 6. The lowest BCUT2D eigenvalue weighted by atomic mass is 9.99. The summed E-state index contributed by atoms with van der Waals surface area (Å²) in [5, 5.41) is 68.7. The molecule has 1 aliphatic rings. The Labute approximate surface area is 292 Å². The molecule has 14 nitrogen and oxygen atoms in total. The second kappa shape index (κ2) is 27.5. The van der Waals surface area contributed by atoms with Crippen molar-refractivity contribution in [2.45, 2.75) is 165 Å². The molecule has 1 rings (SSSR count). The Morgan fingerprint density at radius 1 is 0.755 bits per heavy atom. The molecular formula is C35H65N3O11. The maximum Gasteiger partial charge on any atom is 0.243 e. The molecule has 0 saturated carbocycles. The van der Waals surface area contributed by atoms with Crippen LogP contribution in [0.2, 0.25) is 0 Å². The van der Waals surface area contributed by atoms with Crippen molar-refractivity contribution in [2.24, 2.45) is 0 Å². The van der Waals surface area contributed by atoms with Gasteiger partial charge < -0.3 is 56.1 Å². The summed E-state index contributed by atoms with van der Waals surface area (Å²) in [7, 11) is 0. The van der Waals surface area contributed by atoms with Gasteiger partial charge in [-0.25, -0.2) is 0 Å². The fourth-order valence-corrected chi connectivity index (χ4v) is 5.61. The summed E-state index contributed by atoms with van der Waals surface area (Å²) in [6.07, 6.45) is 6.34. The van der Waals surface area contributed by atoms with Gasteiger partial charge in [-0.3, -0.25) is 14.4 Å². The van der Waals surface area contributed by atoms with E-state index in [2.05, 4.69) is 22.5 Å². The van der Waals surface area contributed by atoms with E-state index < -0.39 is 55.6 Å². The minimum Gasteiger partial charge on any atom is -0.394 e. The van der Waals surface area contributed by atoms with E-state index in [4.69, 9.17) is 9.47 Å². The van der Waals surface area contributed by atoms with Crippen LogP contribution in [0.1, 0.15) is 116 Å². The number of amides is 3. The van der Waals surface area contributed by atoms with Crippen LogP contribution >= 0.6 is 0 Å². The summed E-state index contributed by atoms with van der Waals surface area (Å²) in [6.45, 7) is 5.50. The Balaban J connectivity index is 2.11. The van der Waals surface area contributed by atoms with Crippen LogP contribution in [-0.2, 0) is 23.9 Å². The minimum atomic E-state index is -1.62. The third kappa shape index (κ3) is 19.7. The Morgan fingerprint density at radius 3 is 1.80 bits per heavy atom. The van der Waals surface area contributed by atoms with Gasteiger partial charge in [-0.05, 0) is 38.2 Å². The third-order valence-corrected chi connectivity index (χ3v) is 8.83. The number of carbonyl (C=O) groups excluding carboxylic acids is 3. The second-order valence-corrected chi connectivity index (χ2v) is 13.0. The van der Waals surface area contributed by atoms with Gasteiger partial charge in [0.05, 0.1) is 25.4 Å². The van der Waals surface area contributed by atoms with Crippen molar-refractivity contribution in [1.29, 1.82) is 0 Å². The predicted molar refractivity (Wildman–Crippen MR) is 184 cm³/mol. The molecular weight excluding hydrogens is 638 g/mol. The predicted octanol–water partition coefficient (Wildman–Crippen LogP) is 1.08. The number of unbranched alkanes of at least 4 members (excludes halogenated alkanes) is 12. The molecule has 0 aliphatic carbocycles. The number of aliphatic hydroxyl groups excluding tert-OH is 6. The molecule has 0 aromatic heterocycles. The lowest BCUT2D eigenvalue weighted by Gasteiger charge is -2.40. The Morgan fingerprint density at radius 2 is 1.27 bits per heavy atom. The second-order valence-electron chi connectivity index (χ2n) is 13.0. The number of hydrogen-bond donors (Lipinski definition) is 9. The Kier molecular flexibility index (Phi) is 25.2. The summed E-state index contributed by atoms with van der Waals surface area (Å²) in [5.74, 6) is -0.353. The number of carbonyl (C=O) groups is 3. The maximum absolute atomic E-state index is 12.6. The lowest BCUT2D eigenvalue weighted by Crippen LogP contribution is -2.60. The summed E-state index contributed by atoms with van der Waals surface area (Å²) in [4.78, 5) is 35.7. The highest BCUT2D eigenvalue weighted by atomic mass is 16.7. The maximum atomic E-state index is 12.6. The number of nitrogens with one attached hydrogen (secondary N) is 3. The van der Waals surface area contributed by atoms with Crippen LogP contribution in [0.3, 0.4) is 0 Å². The SMILES string of the molecule is C=CC(=O)NCCCCCCCC(=O)NCCCCCCCCCCCC(=O)N[C@@H](CO[C@H]1OC(CO)[C@H](O)[C@H](O)C1O)[C@H](O)[C@H](O)CC. The minimum absolute atomic E-state index is 0.110. The molecule has 2 unspecified atom stereocenters. The highest BCUT2D eigenvalue weighted by molar-refractivity contribution is 5.86. The van der Waals surface area contributed by atoms with Crippen LogP contribution in [0.4, 0.5) is 0 Å². The van der Waals surface area contributed by atoms with Crippen LogP contribution in [0, 0.1) is 0 Å². The lowest BCUT2D eigenvalue weighted by molar-refractivity contribution is -0.303.